The summed E-state index contributed by atoms with van der Waals surface area (Å²) in [6.45, 7) is 10.3. The molecule has 2 N–H and O–H groups in total. The lowest BCUT2D eigenvalue weighted by atomic mass is 9.97. The van der Waals surface area contributed by atoms with Crippen LogP contribution < -0.4 is 10.6 Å². The van der Waals surface area contributed by atoms with Crippen molar-refractivity contribution in [2.75, 3.05) is 26.7 Å². The molecule has 1 aromatic heterocycles. The fourth-order valence-electron chi connectivity index (χ4n) is 3.86. The Kier molecular flexibility index (Phi) is 8.33. The van der Waals surface area contributed by atoms with E-state index in [1.807, 2.05) is 0 Å². The molecule has 2 heterocycles. The molecule has 7 nitrogen and oxygen atoms in total. The molecule has 154 valence electrons. The second-order valence-electron chi connectivity index (χ2n) is 8.73. The average molecular weight is 490 g/mol. The minimum Gasteiger partial charge on any atom is -0.352 e. The molecular weight excluding hydrogens is 455 g/mol. The van der Waals surface area contributed by atoms with Crippen molar-refractivity contribution >= 4 is 29.9 Å². The molecule has 2 fully saturated rings. The van der Waals surface area contributed by atoms with Gasteiger partial charge in [0.15, 0.2) is 11.8 Å². The molecule has 27 heavy (non-hydrogen) atoms. The maximum Gasteiger partial charge on any atom is 0.232 e. The van der Waals surface area contributed by atoms with Crippen molar-refractivity contribution in [2.24, 2.45) is 10.9 Å². The first-order valence-electron chi connectivity index (χ1n) is 9.96. The van der Waals surface area contributed by atoms with Gasteiger partial charge in [0, 0.05) is 38.1 Å². The second-order valence-corrected chi connectivity index (χ2v) is 8.73. The highest BCUT2D eigenvalue weighted by Gasteiger charge is 2.26. The number of nitrogens with zero attached hydrogens (tertiary/aromatic N) is 4. The van der Waals surface area contributed by atoms with E-state index in [-0.39, 0.29) is 29.4 Å². The van der Waals surface area contributed by atoms with Crippen LogP contribution in [0.3, 0.4) is 0 Å². The molecule has 0 amide bonds. The Morgan fingerprint density at radius 2 is 2.00 bits per heavy atom. The number of likely N-dealkylation sites (tertiary alicyclic amines) is 1. The summed E-state index contributed by atoms with van der Waals surface area (Å²) in [5.41, 5.74) is -0.127. The summed E-state index contributed by atoms with van der Waals surface area (Å²) in [6, 6.07) is 0.456. The van der Waals surface area contributed by atoms with Gasteiger partial charge in [0.05, 0.1) is 6.54 Å². The third-order valence-corrected chi connectivity index (χ3v) is 5.35. The number of nitrogens with one attached hydrogen (secondary N) is 2. The summed E-state index contributed by atoms with van der Waals surface area (Å²) < 4.78 is 5.34. The van der Waals surface area contributed by atoms with Gasteiger partial charge in [-0.05, 0) is 25.2 Å². The van der Waals surface area contributed by atoms with E-state index in [9.17, 15) is 0 Å². The largest absolute Gasteiger partial charge is 0.352 e. The molecule has 0 radical (unpaired) electrons. The zero-order valence-corrected chi connectivity index (χ0v) is 19.5. The molecule has 0 bridgehead atoms. The third kappa shape index (κ3) is 6.58. The van der Waals surface area contributed by atoms with E-state index in [0.29, 0.717) is 24.3 Å². The van der Waals surface area contributed by atoms with Crippen molar-refractivity contribution in [2.45, 2.75) is 70.9 Å². The van der Waals surface area contributed by atoms with Gasteiger partial charge in [-0.2, -0.15) is 4.98 Å². The highest BCUT2D eigenvalue weighted by atomic mass is 127. The lowest BCUT2D eigenvalue weighted by molar-refractivity contribution is 0.275. The SMILES string of the molecule is CN=C(NCc1noc(C(C)(C)C)n1)NC1CCN(CC2CCCC2)C1.I. The van der Waals surface area contributed by atoms with Crippen LogP contribution in [-0.4, -0.2) is 53.7 Å². The van der Waals surface area contributed by atoms with E-state index in [4.69, 9.17) is 4.52 Å². The highest BCUT2D eigenvalue weighted by molar-refractivity contribution is 14.0. The van der Waals surface area contributed by atoms with E-state index in [1.165, 1.54) is 45.2 Å². The van der Waals surface area contributed by atoms with Crippen LogP contribution in [-0.2, 0) is 12.0 Å². The monoisotopic (exact) mass is 490 g/mol. The van der Waals surface area contributed by atoms with E-state index in [2.05, 4.69) is 51.4 Å². The van der Waals surface area contributed by atoms with Crippen molar-refractivity contribution in [3.05, 3.63) is 11.7 Å². The summed E-state index contributed by atoms with van der Waals surface area (Å²) in [5, 5.41) is 10.9. The number of aliphatic imine (C=N–C) groups is 1. The summed E-state index contributed by atoms with van der Waals surface area (Å²) in [7, 11) is 1.80. The van der Waals surface area contributed by atoms with Crippen LogP contribution in [0.4, 0.5) is 0 Å². The average Bonchev–Trinajstić information content (AvgIpc) is 3.33. The van der Waals surface area contributed by atoms with Gasteiger partial charge in [-0.3, -0.25) is 4.99 Å². The fraction of sp³-hybridized carbons (Fsp3) is 0.842. The van der Waals surface area contributed by atoms with Crippen molar-refractivity contribution in [3.63, 3.8) is 0 Å². The Hall–Kier alpha value is -0.900. The Morgan fingerprint density at radius 3 is 2.63 bits per heavy atom. The molecule has 1 aliphatic heterocycles. The highest BCUT2D eigenvalue weighted by Crippen LogP contribution is 2.26. The summed E-state index contributed by atoms with van der Waals surface area (Å²) in [5.74, 6) is 3.05. The number of hydrogen-bond acceptors (Lipinski definition) is 5. The van der Waals surface area contributed by atoms with Crippen molar-refractivity contribution in [1.29, 1.82) is 0 Å². The van der Waals surface area contributed by atoms with E-state index < -0.39 is 0 Å². The zero-order valence-electron chi connectivity index (χ0n) is 17.1. The smallest absolute Gasteiger partial charge is 0.232 e. The topological polar surface area (TPSA) is 78.6 Å². The first-order valence-corrected chi connectivity index (χ1v) is 9.96. The summed E-state index contributed by atoms with van der Waals surface area (Å²) in [6.07, 6.45) is 6.84. The minimum atomic E-state index is -0.127. The molecule has 3 rings (SSSR count). The first-order chi connectivity index (χ1) is 12.4. The van der Waals surface area contributed by atoms with E-state index >= 15 is 0 Å². The van der Waals surface area contributed by atoms with Gasteiger partial charge in [0.2, 0.25) is 5.89 Å². The second kappa shape index (κ2) is 10.0. The Balaban J connectivity index is 0.00000261. The van der Waals surface area contributed by atoms with Crippen LogP contribution in [0.25, 0.3) is 0 Å². The Morgan fingerprint density at radius 1 is 1.26 bits per heavy atom. The lowest BCUT2D eigenvalue weighted by Gasteiger charge is -2.21. The van der Waals surface area contributed by atoms with Gasteiger partial charge in [0.1, 0.15) is 0 Å². The normalized spacial score (nSPS) is 22.1. The van der Waals surface area contributed by atoms with Gasteiger partial charge < -0.3 is 20.1 Å². The molecule has 2 aliphatic rings. The van der Waals surface area contributed by atoms with Crippen molar-refractivity contribution < 1.29 is 4.52 Å². The maximum absolute atomic E-state index is 5.34. The summed E-state index contributed by atoms with van der Waals surface area (Å²) in [4.78, 5) is 11.4. The fourth-order valence-corrected chi connectivity index (χ4v) is 3.86. The van der Waals surface area contributed by atoms with Crippen LogP contribution in [0, 0.1) is 5.92 Å². The third-order valence-electron chi connectivity index (χ3n) is 5.35. The minimum absolute atomic E-state index is 0. The van der Waals surface area contributed by atoms with E-state index in [1.54, 1.807) is 7.05 Å². The molecule has 1 aromatic rings. The molecule has 0 spiro atoms. The predicted molar refractivity (Wildman–Crippen MR) is 119 cm³/mol. The number of halogens is 1. The van der Waals surface area contributed by atoms with Crippen LogP contribution in [0.2, 0.25) is 0 Å². The number of rotatable bonds is 5. The predicted octanol–water partition coefficient (Wildman–Crippen LogP) is 2.91. The van der Waals surface area contributed by atoms with Crippen LogP contribution in [0.5, 0.6) is 0 Å². The Bertz CT molecular complexity index is 606. The molecule has 1 atom stereocenters. The van der Waals surface area contributed by atoms with Gasteiger partial charge in [-0.25, -0.2) is 0 Å². The first kappa shape index (κ1) is 22.4. The lowest BCUT2D eigenvalue weighted by Crippen LogP contribution is -2.44. The standard InChI is InChI=1S/C19H34N6O.HI/c1-19(2,3)17-23-16(24-26-17)11-21-18(20-4)22-15-9-10-25(13-15)12-14-7-5-6-8-14;/h14-15H,5-13H2,1-4H3,(H2,20,21,22);1H. The van der Waals surface area contributed by atoms with Gasteiger partial charge in [-0.15, -0.1) is 24.0 Å². The summed E-state index contributed by atoms with van der Waals surface area (Å²) >= 11 is 0. The van der Waals surface area contributed by atoms with Crippen LogP contribution in [0.15, 0.2) is 9.52 Å². The van der Waals surface area contributed by atoms with Crippen LogP contribution in [0.1, 0.15) is 64.6 Å². The zero-order chi connectivity index (χ0) is 18.6. The molecular formula is C19H35IN6O. The number of guanidine groups is 1. The molecule has 1 saturated heterocycles. The van der Waals surface area contributed by atoms with Gasteiger partial charge >= 0.3 is 0 Å². The van der Waals surface area contributed by atoms with Crippen LogP contribution >= 0.6 is 24.0 Å². The van der Waals surface area contributed by atoms with Crippen molar-refractivity contribution in [3.8, 4) is 0 Å². The quantitative estimate of drug-likeness (QED) is 0.376. The molecule has 1 aliphatic carbocycles. The molecule has 8 heteroatoms. The molecule has 1 unspecified atom stereocenters. The number of aromatic nitrogens is 2. The van der Waals surface area contributed by atoms with Gasteiger partial charge in [-0.1, -0.05) is 38.8 Å². The molecule has 1 saturated carbocycles. The maximum atomic E-state index is 5.34. The van der Waals surface area contributed by atoms with Crippen molar-refractivity contribution in [1.82, 2.24) is 25.7 Å². The Labute approximate surface area is 180 Å². The number of hydrogen-bond donors (Lipinski definition) is 2. The van der Waals surface area contributed by atoms with Gasteiger partial charge in [0.25, 0.3) is 0 Å². The molecule has 0 aromatic carbocycles. The van der Waals surface area contributed by atoms with E-state index in [0.717, 1.165) is 18.4 Å².